The van der Waals surface area contributed by atoms with Crippen molar-refractivity contribution < 1.29 is 30.8 Å². The second kappa shape index (κ2) is 5.88. The molecular formula is C13H8F4N2O3S. The van der Waals surface area contributed by atoms with Gasteiger partial charge in [-0.1, -0.05) is 6.07 Å². The number of nitrogens with one attached hydrogen (secondary N) is 1. The Balaban J connectivity index is 2.55. The van der Waals surface area contributed by atoms with E-state index in [4.69, 9.17) is 5.73 Å². The zero-order valence-electron chi connectivity index (χ0n) is 11.1. The highest BCUT2D eigenvalue weighted by Gasteiger charge is 2.27. The van der Waals surface area contributed by atoms with E-state index in [-0.39, 0.29) is 0 Å². The molecule has 0 bridgehead atoms. The topological polar surface area (TPSA) is 89.3 Å². The smallest absolute Gasteiger partial charge is 0.267 e. The average Bonchev–Trinajstić information content (AvgIpc) is 2.41. The monoisotopic (exact) mass is 348 g/mol. The number of sulfonamides is 1. The van der Waals surface area contributed by atoms with Crippen molar-refractivity contribution in [3.05, 3.63) is 59.2 Å². The quantitative estimate of drug-likeness (QED) is 0.830. The summed E-state index contributed by atoms with van der Waals surface area (Å²) in [7, 11) is -4.87. The minimum Gasteiger partial charge on any atom is -0.365 e. The van der Waals surface area contributed by atoms with Crippen LogP contribution in [0.25, 0.3) is 0 Å². The number of carbonyl (C=O) groups excluding carboxylic acids is 1. The minimum absolute atomic E-state index is 0.582. The first-order chi connectivity index (χ1) is 10.6. The maximum absolute atomic E-state index is 14.0. The van der Waals surface area contributed by atoms with E-state index in [0.29, 0.717) is 24.3 Å². The molecule has 0 aliphatic carbocycles. The zero-order valence-corrected chi connectivity index (χ0v) is 11.9. The van der Waals surface area contributed by atoms with Crippen molar-refractivity contribution in [2.75, 3.05) is 4.72 Å². The van der Waals surface area contributed by atoms with Crippen molar-refractivity contribution in [2.45, 2.75) is 4.90 Å². The van der Waals surface area contributed by atoms with E-state index in [0.717, 1.165) is 6.07 Å². The molecule has 10 heteroatoms. The van der Waals surface area contributed by atoms with E-state index in [2.05, 4.69) is 0 Å². The van der Waals surface area contributed by atoms with Crippen molar-refractivity contribution in [3.63, 3.8) is 0 Å². The standard InChI is InChI=1S/C13H8F4N2O3S/c14-6-4-5-9(11(17)10(6)13(18)20)19-23(21,22)12-7(15)2-1-3-8(12)16/h1-5,19H,(H2,18,20). The van der Waals surface area contributed by atoms with Gasteiger partial charge in [0, 0.05) is 0 Å². The van der Waals surface area contributed by atoms with Gasteiger partial charge in [0.05, 0.1) is 5.69 Å². The van der Waals surface area contributed by atoms with Gasteiger partial charge < -0.3 is 5.73 Å². The zero-order chi connectivity index (χ0) is 17.4. The third-order valence-electron chi connectivity index (χ3n) is 2.77. The number of primary amides is 1. The number of benzene rings is 2. The van der Waals surface area contributed by atoms with Crippen LogP contribution in [0, 0.1) is 23.3 Å². The van der Waals surface area contributed by atoms with Crippen LogP contribution < -0.4 is 10.5 Å². The largest absolute Gasteiger partial charge is 0.365 e. The Morgan fingerprint density at radius 2 is 1.52 bits per heavy atom. The predicted molar refractivity (Wildman–Crippen MR) is 72.0 cm³/mol. The maximum atomic E-state index is 14.0. The van der Waals surface area contributed by atoms with Crippen LogP contribution >= 0.6 is 0 Å². The Labute approximate surface area is 127 Å². The van der Waals surface area contributed by atoms with Crippen LogP contribution in [0.2, 0.25) is 0 Å². The number of rotatable bonds is 4. The first-order valence-electron chi connectivity index (χ1n) is 5.90. The molecule has 0 aliphatic heterocycles. The Morgan fingerprint density at radius 1 is 0.957 bits per heavy atom. The van der Waals surface area contributed by atoms with E-state index in [1.54, 1.807) is 4.72 Å². The number of nitrogens with two attached hydrogens (primary N) is 1. The van der Waals surface area contributed by atoms with Crippen LogP contribution in [0.1, 0.15) is 10.4 Å². The number of carbonyl (C=O) groups is 1. The molecule has 2 rings (SSSR count). The molecule has 2 aromatic rings. The Kier molecular flexibility index (Phi) is 4.28. The Morgan fingerprint density at radius 3 is 2.04 bits per heavy atom. The second-order valence-electron chi connectivity index (χ2n) is 4.30. The first-order valence-corrected chi connectivity index (χ1v) is 7.38. The molecule has 1 amide bonds. The molecule has 5 nitrogen and oxygen atoms in total. The Hall–Kier alpha value is -2.62. The fraction of sp³-hybridized carbons (Fsp3) is 0. The molecule has 0 aromatic heterocycles. The number of hydrogen-bond acceptors (Lipinski definition) is 3. The molecule has 0 heterocycles. The predicted octanol–water partition coefficient (Wildman–Crippen LogP) is 2.14. The molecule has 23 heavy (non-hydrogen) atoms. The molecule has 2 aromatic carbocycles. The lowest BCUT2D eigenvalue weighted by atomic mass is 10.1. The molecule has 0 atom stereocenters. The molecule has 0 spiro atoms. The summed E-state index contributed by atoms with van der Waals surface area (Å²) in [5.41, 5.74) is 2.72. The van der Waals surface area contributed by atoms with Crippen LogP contribution in [0.4, 0.5) is 23.2 Å². The summed E-state index contributed by atoms with van der Waals surface area (Å²) < 4.78 is 79.9. The van der Waals surface area contributed by atoms with Gasteiger partial charge in [-0.25, -0.2) is 26.0 Å². The lowest BCUT2D eigenvalue weighted by molar-refractivity contribution is 0.0992. The molecule has 0 saturated carbocycles. The summed E-state index contributed by atoms with van der Waals surface area (Å²) in [5, 5.41) is 0. The van der Waals surface area contributed by atoms with Crippen LogP contribution in [-0.4, -0.2) is 14.3 Å². The van der Waals surface area contributed by atoms with Crippen LogP contribution in [0.15, 0.2) is 35.2 Å². The third-order valence-corrected chi connectivity index (χ3v) is 4.19. The van der Waals surface area contributed by atoms with E-state index in [9.17, 15) is 30.8 Å². The molecular weight excluding hydrogens is 340 g/mol. The summed E-state index contributed by atoms with van der Waals surface area (Å²) in [6.07, 6.45) is 0. The normalized spacial score (nSPS) is 11.3. The molecule has 0 saturated heterocycles. The van der Waals surface area contributed by atoms with Gasteiger partial charge in [0.15, 0.2) is 10.7 Å². The molecule has 0 radical (unpaired) electrons. The highest BCUT2D eigenvalue weighted by atomic mass is 32.2. The summed E-state index contributed by atoms with van der Waals surface area (Å²) in [5.74, 6) is -7.20. The highest BCUT2D eigenvalue weighted by Crippen LogP contribution is 2.26. The van der Waals surface area contributed by atoms with Gasteiger partial charge in [-0.3, -0.25) is 9.52 Å². The highest BCUT2D eigenvalue weighted by molar-refractivity contribution is 7.92. The van der Waals surface area contributed by atoms with E-state index in [1.165, 1.54) is 0 Å². The van der Waals surface area contributed by atoms with Crippen LogP contribution in [0.3, 0.4) is 0 Å². The van der Waals surface area contributed by atoms with Gasteiger partial charge >= 0.3 is 0 Å². The molecule has 0 fully saturated rings. The number of hydrogen-bond donors (Lipinski definition) is 2. The van der Waals surface area contributed by atoms with Crippen molar-refractivity contribution >= 4 is 21.6 Å². The van der Waals surface area contributed by atoms with Gasteiger partial charge in [-0.2, -0.15) is 0 Å². The third kappa shape index (κ3) is 3.11. The maximum Gasteiger partial charge on any atom is 0.267 e. The van der Waals surface area contributed by atoms with Crippen molar-refractivity contribution in [1.82, 2.24) is 0 Å². The summed E-state index contributed by atoms with van der Waals surface area (Å²) >= 11 is 0. The van der Waals surface area contributed by atoms with Crippen LogP contribution in [0.5, 0.6) is 0 Å². The molecule has 0 unspecified atom stereocenters. The van der Waals surface area contributed by atoms with Crippen molar-refractivity contribution in [2.24, 2.45) is 5.73 Å². The van der Waals surface area contributed by atoms with E-state index < -0.39 is 55.3 Å². The SMILES string of the molecule is NC(=O)c1c(F)ccc(NS(=O)(=O)c2c(F)cccc2F)c1F. The van der Waals surface area contributed by atoms with Gasteiger partial charge in [0.25, 0.3) is 15.9 Å². The second-order valence-corrected chi connectivity index (χ2v) is 5.92. The van der Waals surface area contributed by atoms with Gasteiger partial charge in [0.1, 0.15) is 23.0 Å². The van der Waals surface area contributed by atoms with E-state index >= 15 is 0 Å². The van der Waals surface area contributed by atoms with E-state index in [1.807, 2.05) is 0 Å². The van der Waals surface area contributed by atoms with Crippen LogP contribution in [-0.2, 0) is 10.0 Å². The summed E-state index contributed by atoms with van der Waals surface area (Å²) in [6, 6.07) is 3.54. The average molecular weight is 348 g/mol. The minimum atomic E-state index is -4.87. The van der Waals surface area contributed by atoms with Gasteiger partial charge in [-0.05, 0) is 24.3 Å². The number of amides is 1. The summed E-state index contributed by atoms with van der Waals surface area (Å²) in [4.78, 5) is 9.64. The summed E-state index contributed by atoms with van der Waals surface area (Å²) in [6.45, 7) is 0. The number of halogens is 4. The van der Waals surface area contributed by atoms with Crippen molar-refractivity contribution in [3.8, 4) is 0 Å². The molecule has 122 valence electrons. The van der Waals surface area contributed by atoms with Crippen molar-refractivity contribution in [1.29, 1.82) is 0 Å². The lowest BCUT2D eigenvalue weighted by Gasteiger charge is -2.12. The number of anilines is 1. The molecule has 0 aliphatic rings. The lowest BCUT2D eigenvalue weighted by Crippen LogP contribution is -2.20. The van der Waals surface area contributed by atoms with Gasteiger partial charge in [0.2, 0.25) is 0 Å². The Bertz CT molecular complexity index is 880. The van der Waals surface area contributed by atoms with Gasteiger partial charge in [-0.15, -0.1) is 0 Å². The first kappa shape index (κ1) is 16.7. The molecule has 3 N–H and O–H groups in total. The fourth-order valence-electron chi connectivity index (χ4n) is 1.79. The fourth-order valence-corrected chi connectivity index (χ4v) is 2.99.